The van der Waals surface area contributed by atoms with Gasteiger partial charge in [0.2, 0.25) is 0 Å². The fourth-order valence-corrected chi connectivity index (χ4v) is 1.98. The summed E-state index contributed by atoms with van der Waals surface area (Å²) in [6.07, 6.45) is 4.22. The Bertz CT molecular complexity index is 470. The van der Waals surface area contributed by atoms with E-state index in [9.17, 15) is 9.59 Å². The molecule has 1 aromatic carbocycles. The van der Waals surface area contributed by atoms with Crippen LogP contribution in [-0.4, -0.2) is 44.1 Å². The molecule has 0 spiro atoms. The molecule has 0 aliphatic carbocycles. The highest BCUT2D eigenvalue weighted by Crippen LogP contribution is 2.12. The first-order chi connectivity index (χ1) is 10.6. The molecule has 1 amide bonds. The van der Waals surface area contributed by atoms with Crippen molar-refractivity contribution in [2.45, 2.75) is 32.6 Å². The van der Waals surface area contributed by atoms with Gasteiger partial charge in [-0.15, -0.1) is 0 Å². The smallest absolute Gasteiger partial charge is 0.325 e. The molecular formula is C17H25NO4. The Balaban J connectivity index is 2.37. The summed E-state index contributed by atoms with van der Waals surface area (Å²) in [6.45, 7) is 2.51. The molecule has 122 valence electrons. The maximum absolute atomic E-state index is 12.2. The molecule has 0 fully saturated rings. The second-order valence-electron chi connectivity index (χ2n) is 5.17. The van der Waals surface area contributed by atoms with Gasteiger partial charge >= 0.3 is 5.97 Å². The molecule has 22 heavy (non-hydrogen) atoms. The Kier molecular flexibility index (Phi) is 8.04. The van der Waals surface area contributed by atoms with Gasteiger partial charge in [-0.05, 0) is 30.7 Å². The summed E-state index contributed by atoms with van der Waals surface area (Å²) in [5.74, 6) is 0.0946. The van der Waals surface area contributed by atoms with Crippen LogP contribution in [-0.2, 0) is 9.53 Å². The molecule has 0 aromatic heterocycles. The predicted octanol–water partition coefficient (Wildman–Crippen LogP) is 2.89. The van der Waals surface area contributed by atoms with E-state index in [4.69, 9.17) is 9.47 Å². The number of esters is 1. The Morgan fingerprint density at radius 1 is 1.09 bits per heavy atom. The number of ether oxygens (including phenoxy) is 2. The number of likely N-dealkylation sites (N-methyl/N-ethyl adjacent to an activating group) is 1. The Morgan fingerprint density at radius 3 is 2.36 bits per heavy atom. The number of carbonyl (C=O) groups is 2. The van der Waals surface area contributed by atoms with E-state index in [2.05, 4.69) is 6.92 Å². The van der Waals surface area contributed by atoms with Crippen LogP contribution in [0.2, 0.25) is 0 Å². The van der Waals surface area contributed by atoms with Crippen LogP contribution >= 0.6 is 0 Å². The van der Waals surface area contributed by atoms with Crippen LogP contribution < -0.4 is 4.74 Å². The minimum atomic E-state index is -0.374. The van der Waals surface area contributed by atoms with E-state index in [0.717, 1.165) is 25.7 Å². The quantitative estimate of drug-likeness (QED) is 0.520. The number of hydrogen-bond acceptors (Lipinski definition) is 4. The minimum Gasteiger partial charge on any atom is -0.497 e. The van der Waals surface area contributed by atoms with Gasteiger partial charge in [-0.1, -0.05) is 26.2 Å². The molecule has 0 N–H and O–H groups in total. The van der Waals surface area contributed by atoms with Gasteiger partial charge in [0.05, 0.1) is 13.7 Å². The van der Waals surface area contributed by atoms with E-state index < -0.39 is 0 Å². The summed E-state index contributed by atoms with van der Waals surface area (Å²) in [4.78, 5) is 25.2. The first kappa shape index (κ1) is 18.0. The first-order valence-electron chi connectivity index (χ1n) is 7.63. The van der Waals surface area contributed by atoms with E-state index in [1.165, 1.54) is 4.90 Å². The molecule has 0 unspecified atom stereocenters. The van der Waals surface area contributed by atoms with Gasteiger partial charge in [0.25, 0.3) is 5.91 Å². The molecule has 0 radical (unpaired) electrons. The Morgan fingerprint density at radius 2 is 1.77 bits per heavy atom. The lowest BCUT2D eigenvalue weighted by Crippen LogP contribution is -2.33. The van der Waals surface area contributed by atoms with Crippen molar-refractivity contribution in [1.82, 2.24) is 4.90 Å². The topological polar surface area (TPSA) is 55.8 Å². The third-order valence-electron chi connectivity index (χ3n) is 3.31. The number of rotatable bonds is 9. The van der Waals surface area contributed by atoms with E-state index in [1.54, 1.807) is 38.4 Å². The van der Waals surface area contributed by atoms with Crippen molar-refractivity contribution in [2.24, 2.45) is 0 Å². The summed E-state index contributed by atoms with van der Waals surface area (Å²) < 4.78 is 10.2. The van der Waals surface area contributed by atoms with Crippen LogP contribution in [0.1, 0.15) is 43.0 Å². The lowest BCUT2D eigenvalue weighted by atomic mass is 10.2. The second kappa shape index (κ2) is 9.82. The number of hydrogen-bond donors (Lipinski definition) is 0. The molecule has 0 atom stereocenters. The van der Waals surface area contributed by atoms with Gasteiger partial charge < -0.3 is 14.4 Å². The summed E-state index contributed by atoms with van der Waals surface area (Å²) in [5.41, 5.74) is 0.513. The molecule has 5 heteroatoms. The SMILES string of the molecule is CCCCCCOC(=O)CN(C)C(=O)c1ccc(OC)cc1. The van der Waals surface area contributed by atoms with Gasteiger partial charge in [0.1, 0.15) is 12.3 Å². The summed E-state index contributed by atoms with van der Waals surface area (Å²) in [5, 5.41) is 0. The predicted molar refractivity (Wildman–Crippen MR) is 85.1 cm³/mol. The molecule has 0 saturated heterocycles. The zero-order valence-corrected chi connectivity index (χ0v) is 13.6. The van der Waals surface area contributed by atoms with Crippen molar-refractivity contribution < 1.29 is 19.1 Å². The van der Waals surface area contributed by atoms with Crippen LogP contribution in [0.4, 0.5) is 0 Å². The summed E-state index contributed by atoms with van der Waals surface area (Å²) >= 11 is 0. The van der Waals surface area contributed by atoms with E-state index in [0.29, 0.717) is 17.9 Å². The van der Waals surface area contributed by atoms with Crippen LogP contribution in [0.15, 0.2) is 24.3 Å². The van der Waals surface area contributed by atoms with Crippen LogP contribution in [0.3, 0.4) is 0 Å². The molecular weight excluding hydrogens is 282 g/mol. The molecule has 0 aliphatic heterocycles. The van der Waals surface area contributed by atoms with E-state index in [1.807, 2.05) is 0 Å². The van der Waals surface area contributed by atoms with Crippen molar-refractivity contribution in [3.8, 4) is 5.75 Å². The van der Waals surface area contributed by atoms with Crippen molar-refractivity contribution in [3.63, 3.8) is 0 Å². The number of carbonyl (C=O) groups excluding carboxylic acids is 2. The van der Waals surface area contributed by atoms with Crippen LogP contribution in [0.25, 0.3) is 0 Å². The number of amides is 1. The maximum atomic E-state index is 12.2. The number of nitrogens with zero attached hydrogens (tertiary/aromatic N) is 1. The van der Waals surface area contributed by atoms with Gasteiger partial charge in [0.15, 0.2) is 0 Å². The number of methoxy groups -OCH3 is 1. The lowest BCUT2D eigenvalue weighted by Gasteiger charge is -2.16. The monoisotopic (exact) mass is 307 g/mol. The zero-order chi connectivity index (χ0) is 16.4. The number of benzene rings is 1. The Labute approximate surface area is 132 Å². The number of unbranched alkanes of at least 4 members (excludes halogenated alkanes) is 3. The second-order valence-corrected chi connectivity index (χ2v) is 5.17. The third-order valence-corrected chi connectivity index (χ3v) is 3.31. The highest BCUT2D eigenvalue weighted by Gasteiger charge is 2.15. The molecule has 0 saturated carbocycles. The largest absolute Gasteiger partial charge is 0.497 e. The van der Waals surface area contributed by atoms with Gasteiger partial charge in [-0.2, -0.15) is 0 Å². The van der Waals surface area contributed by atoms with Crippen LogP contribution in [0, 0.1) is 0 Å². The highest BCUT2D eigenvalue weighted by molar-refractivity contribution is 5.95. The summed E-state index contributed by atoms with van der Waals surface area (Å²) in [6, 6.07) is 6.78. The van der Waals surface area contributed by atoms with Crippen LogP contribution in [0.5, 0.6) is 5.75 Å². The lowest BCUT2D eigenvalue weighted by molar-refractivity contribution is -0.144. The molecule has 1 aromatic rings. The van der Waals surface area contributed by atoms with Gasteiger partial charge in [-0.25, -0.2) is 0 Å². The van der Waals surface area contributed by atoms with Gasteiger partial charge in [-0.3, -0.25) is 9.59 Å². The maximum Gasteiger partial charge on any atom is 0.325 e. The van der Waals surface area contributed by atoms with Crippen molar-refractivity contribution in [3.05, 3.63) is 29.8 Å². The summed E-state index contributed by atoms with van der Waals surface area (Å²) in [7, 11) is 3.16. The van der Waals surface area contributed by atoms with Gasteiger partial charge in [0, 0.05) is 12.6 Å². The molecule has 5 nitrogen and oxygen atoms in total. The average molecular weight is 307 g/mol. The molecule has 0 aliphatic rings. The van der Waals surface area contributed by atoms with E-state index >= 15 is 0 Å². The molecule has 0 bridgehead atoms. The fourth-order valence-electron chi connectivity index (χ4n) is 1.98. The Hall–Kier alpha value is -2.04. The van der Waals surface area contributed by atoms with Crippen molar-refractivity contribution >= 4 is 11.9 Å². The zero-order valence-electron chi connectivity index (χ0n) is 13.6. The average Bonchev–Trinajstić information content (AvgIpc) is 2.54. The fraction of sp³-hybridized carbons (Fsp3) is 0.529. The third kappa shape index (κ3) is 6.16. The van der Waals surface area contributed by atoms with Crippen molar-refractivity contribution in [1.29, 1.82) is 0 Å². The highest BCUT2D eigenvalue weighted by atomic mass is 16.5. The molecule has 0 heterocycles. The normalized spacial score (nSPS) is 10.1. The first-order valence-corrected chi connectivity index (χ1v) is 7.63. The molecule has 1 rings (SSSR count). The van der Waals surface area contributed by atoms with Crippen molar-refractivity contribution in [2.75, 3.05) is 27.3 Å². The van der Waals surface area contributed by atoms with E-state index in [-0.39, 0.29) is 18.4 Å². The minimum absolute atomic E-state index is 0.0430. The standard InChI is InChI=1S/C17H25NO4/c1-4-5-6-7-12-22-16(19)13-18(2)17(20)14-8-10-15(21-3)11-9-14/h8-11H,4-7,12-13H2,1-3H3.